The van der Waals surface area contributed by atoms with Gasteiger partial charge >= 0.3 is 5.97 Å². The second kappa shape index (κ2) is 7.14. The van der Waals surface area contributed by atoms with Crippen LogP contribution in [0, 0.1) is 5.41 Å². The van der Waals surface area contributed by atoms with Crippen LogP contribution in [-0.4, -0.2) is 53.0 Å². The van der Waals surface area contributed by atoms with Crippen LogP contribution in [-0.2, 0) is 9.59 Å². The van der Waals surface area contributed by atoms with Gasteiger partial charge in [-0.15, -0.1) is 0 Å². The van der Waals surface area contributed by atoms with Crippen LogP contribution in [0.4, 0.5) is 0 Å². The normalized spacial score (nSPS) is 20.1. The number of thioether (sulfide) groups is 1. The third-order valence-corrected chi connectivity index (χ3v) is 4.76. The molecule has 0 aromatic heterocycles. The minimum atomic E-state index is -0.742. The summed E-state index contributed by atoms with van der Waals surface area (Å²) in [4.78, 5) is 25.2. The highest BCUT2D eigenvalue weighted by atomic mass is 32.2. The lowest BCUT2D eigenvalue weighted by Crippen LogP contribution is -2.51. The monoisotopic (exact) mass is 288 g/mol. The van der Waals surface area contributed by atoms with Gasteiger partial charge in [0, 0.05) is 13.1 Å². The molecular formula is C13H24N2O3S. The van der Waals surface area contributed by atoms with Crippen molar-refractivity contribution in [2.75, 3.05) is 25.1 Å². The fraction of sp³-hybridized carbons (Fsp3) is 0.846. The van der Waals surface area contributed by atoms with Gasteiger partial charge in [-0.05, 0) is 37.7 Å². The smallest absolute Gasteiger partial charge is 0.309 e. The maximum absolute atomic E-state index is 12.1. The highest BCUT2D eigenvalue weighted by molar-refractivity contribution is 7.98. The van der Waals surface area contributed by atoms with E-state index in [0.29, 0.717) is 38.8 Å². The SMILES string of the molecule is CCC1(C(=O)O)CCN(C(=O)[C@H](N)CCSC)CC1. The topological polar surface area (TPSA) is 83.6 Å². The van der Waals surface area contributed by atoms with E-state index in [1.54, 1.807) is 16.7 Å². The van der Waals surface area contributed by atoms with E-state index in [0.717, 1.165) is 5.75 Å². The molecule has 0 radical (unpaired) electrons. The molecule has 1 aliphatic heterocycles. The van der Waals surface area contributed by atoms with E-state index in [4.69, 9.17) is 5.73 Å². The van der Waals surface area contributed by atoms with Crippen LogP contribution >= 0.6 is 11.8 Å². The van der Waals surface area contributed by atoms with Crippen molar-refractivity contribution in [1.29, 1.82) is 0 Å². The van der Waals surface area contributed by atoms with Gasteiger partial charge < -0.3 is 15.7 Å². The van der Waals surface area contributed by atoms with Gasteiger partial charge in [0.1, 0.15) is 0 Å². The average Bonchev–Trinajstić information content (AvgIpc) is 2.43. The molecule has 0 bridgehead atoms. The zero-order valence-corrected chi connectivity index (χ0v) is 12.5. The zero-order valence-electron chi connectivity index (χ0n) is 11.7. The minimum Gasteiger partial charge on any atom is -0.481 e. The standard InChI is InChI=1S/C13H24N2O3S/c1-3-13(12(17)18)5-7-15(8-6-13)11(16)10(14)4-9-19-2/h10H,3-9,14H2,1-2H3,(H,17,18)/t10-/m1/s1. The Morgan fingerprint density at radius 1 is 1.42 bits per heavy atom. The fourth-order valence-electron chi connectivity index (χ4n) is 2.48. The van der Waals surface area contributed by atoms with Gasteiger partial charge in [-0.25, -0.2) is 0 Å². The Kier molecular flexibility index (Phi) is 6.13. The Bertz CT molecular complexity index is 328. The number of carbonyl (C=O) groups excluding carboxylic acids is 1. The lowest BCUT2D eigenvalue weighted by molar-refractivity contribution is -0.154. The van der Waals surface area contributed by atoms with Crippen molar-refractivity contribution in [2.45, 2.75) is 38.6 Å². The summed E-state index contributed by atoms with van der Waals surface area (Å²) < 4.78 is 0. The number of amides is 1. The van der Waals surface area contributed by atoms with Crippen molar-refractivity contribution in [1.82, 2.24) is 4.90 Å². The Balaban J connectivity index is 2.53. The molecule has 1 rings (SSSR count). The fourth-order valence-corrected chi connectivity index (χ4v) is 2.97. The Labute approximate surface area is 118 Å². The van der Waals surface area contributed by atoms with Crippen LogP contribution in [0.15, 0.2) is 0 Å². The highest BCUT2D eigenvalue weighted by Crippen LogP contribution is 2.35. The Morgan fingerprint density at radius 3 is 2.42 bits per heavy atom. The summed E-state index contributed by atoms with van der Waals surface area (Å²) in [6, 6.07) is -0.452. The molecule has 0 spiro atoms. The van der Waals surface area contributed by atoms with E-state index < -0.39 is 17.4 Å². The Morgan fingerprint density at radius 2 is 2.00 bits per heavy atom. The third kappa shape index (κ3) is 3.86. The molecule has 5 nitrogen and oxygen atoms in total. The molecule has 1 heterocycles. The van der Waals surface area contributed by atoms with Gasteiger partial charge in [0.2, 0.25) is 5.91 Å². The number of aliphatic carboxylic acids is 1. The predicted octanol–water partition coefficient (Wildman–Crippen LogP) is 1.17. The molecule has 19 heavy (non-hydrogen) atoms. The molecule has 1 saturated heterocycles. The number of nitrogens with zero attached hydrogens (tertiary/aromatic N) is 1. The second-order valence-electron chi connectivity index (χ2n) is 5.15. The number of carbonyl (C=O) groups is 2. The van der Waals surface area contributed by atoms with E-state index in [1.165, 1.54) is 0 Å². The molecule has 110 valence electrons. The molecule has 1 amide bonds. The summed E-state index contributed by atoms with van der Waals surface area (Å²) in [5.74, 6) is 0.0901. The number of hydrogen-bond acceptors (Lipinski definition) is 4. The number of hydrogen-bond donors (Lipinski definition) is 2. The highest BCUT2D eigenvalue weighted by Gasteiger charge is 2.41. The van der Waals surface area contributed by atoms with Gasteiger partial charge in [-0.2, -0.15) is 11.8 Å². The van der Waals surface area contributed by atoms with Crippen molar-refractivity contribution >= 4 is 23.6 Å². The van der Waals surface area contributed by atoms with Gasteiger partial charge in [0.15, 0.2) is 0 Å². The molecule has 0 unspecified atom stereocenters. The minimum absolute atomic E-state index is 0.0378. The van der Waals surface area contributed by atoms with Crippen molar-refractivity contribution in [3.63, 3.8) is 0 Å². The first kappa shape index (κ1) is 16.3. The molecular weight excluding hydrogens is 264 g/mol. The summed E-state index contributed by atoms with van der Waals surface area (Å²) in [5, 5.41) is 9.31. The summed E-state index contributed by atoms with van der Waals surface area (Å²) in [5.41, 5.74) is 5.22. The molecule has 0 aliphatic carbocycles. The van der Waals surface area contributed by atoms with Crippen LogP contribution in [0.2, 0.25) is 0 Å². The zero-order chi connectivity index (χ0) is 14.5. The molecule has 0 saturated carbocycles. The largest absolute Gasteiger partial charge is 0.481 e. The molecule has 1 fully saturated rings. The molecule has 0 aromatic rings. The summed E-state index contributed by atoms with van der Waals surface area (Å²) in [6.45, 7) is 2.91. The van der Waals surface area contributed by atoms with E-state index in [2.05, 4.69) is 0 Å². The van der Waals surface area contributed by atoms with Crippen LogP contribution in [0.1, 0.15) is 32.6 Å². The number of piperidine rings is 1. The van der Waals surface area contributed by atoms with Crippen LogP contribution < -0.4 is 5.73 Å². The number of rotatable bonds is 6. The lowest BCUT2D eigenvalue weighted by atomic mass is 9.76. The summed E-state index contributed by atoms with van der Waals surface area (Å²) in [6.07, 6.45) is 4.33. The lowest BCUT2D eigenvalue weighted by Gasteiger charge is -2.39. The molecule has 1 aliphatic rings. The molecule has 1 atom stereocenters. The summed E-state index contributed by atoms with van der Waals surface area (Å²) >= 11 is 1.67. The first-order chi connectivity index (χ1) is 8.96. The van der Waals surface area contributed by atoms with Gasteiger partial charge in [-0.3, -0.25) is 9.59 Å². The van der Waals surface area contributed by atoms with Crippen LogP contribution in [0.5, 0.6) is 0 Å². The van der Waals surface area contributed by atoms with Gasteiger partial charge in [0.05, 0.1) is 11.5 Å². The quantitative estimate of drug-likeness (QED) is 0.766. The first-order valence-electron chi connectivity index (χ1n) is 6.73. The molecule has 3 N–H and O–H groups in total. The number of carboxylic acid groups (broad SMARTS) is 1. The number of nitrogens with two attached hydrogens (primary N) is 1. The van der Waals surface area contributed by atoms with E-state index >= 15 is 0 Å². The van der Waals surface area contributed by atoms with E-state index in [-0.39, 0.29) is 5.91 Å². The van der Waals surface area contributed by atoms with E-state index in [1.807, 2.05) is 13.2 Å². The Hall–Kier alpha value is -0.750. The second-order valence-corrected chi connectivity index (χ2v) is 6.14. The van der Waals surface area contributed by atoms with Crippen molar-refractivity contribution in [2.24, 2.45) is 11.1 Å². The predicted molar refractivity (Wildman–Crippen MR) is 77.1 cm³/mol. The maximum Gasteiger partial charge on any atom is 0.309 e. The van der Waals surface area contributed by atoms with Crippen LogP contribution in [0.3, 0.4) is 0 Å². The first-order valence-corrected chi connectivity index (χ1v) is 8.13. The van der Waals surface area contributed by atoms with Gasteiger partial charge in [-0.1, -0.05) is 6.92 Å². The van der Waals surface area contributed by atoms with Crippen molar-refractivity contribution in [3.05, 3.63) is 0 Å². The van der Waals surface area contributed by atoms with Crippen molar-refractivity contribution < 1.29 is 14.7 Å². The van der Waals surface area contributed by atoms with E-state index in [9.17, 15) is 14.7 Å². The summed E-state index contributed by atoms with van der Waals surface area (Å²) in [7, 11) is 0. The molecule has 6 heteroatoms. The average molecular weight is 288 g/mol. The maximum atomic E-state index is 12.1. The number of likely N-dealkylation sites (tertiary alicyclic amines) is 1. The number of carboxylic acids is 1. The molecule has 0 aromatic carbocycles. The third-order valence-electron chi connectivity index (χ3n) is 4.11. The van der Waals surface area contributed by atoms with Crippen molar-refractivity contribution in [3.8, 4) is 0 Å². The van der Waals surface area contributed by atoms with Gasteiger partial charge in [0.25, 0.3) is 0 Å². The van der Waals surface area contributed by atoms with Crippen LogP contribution in [0.25, 0.3) is 0 Å².